The first-order chi connectivity index (χ1) is 12.7. The monoisotopic (exact) mass is 377 g/mol. The van der Waals surface area contributed by atoms with E-state index in [1.807, 2.05) is 19.0 Å². The van der Waals surface area contributed by atoms with Crippen molar-refractivity contribution in [3.8, 4) is 0 Å². The van der Waals surface area contributed by atoms with Crippen LogP contribution in [0.15, 0.2) is 59.7 Å². The number of para-hydroxylation sites is 1. The van der Waals surface area contributed by atoms with Gasteiger partial charge in [0.1, 0.15) is 5.92 Å². The van der Waals surface area contributed by atoms with E-state index < -0.39 is 29.8 Å². The van der Waals surface area contributed by atoms with E-state index in [4.69, 9.17) is 0 Å². The minimum atomic E-state index is -4.84. The number of aliphatic hydroxyl groups is 1. The van der Waals surface area contributed by atoms with Crippen LogP contribution in [0.3, 0.4) is 0 Å². The highest BCUT2D eigenvalue weighted by Crippen LogP contribution is 2.38. The molecule has 8 heteroatoms. The number of hydrogen-bond acceptors (Lipinski definition) is 4. The number of nitrogens with zero attached hydrogens (tertiary/aromatic N) is 3. The van der Waals surface area contributed by atoms with Crippen LogP contribution >= 0.6 is 0 Å². The van der Waals surface area contributed by atoms with Crippen molar-refractivity contribution in [1.29, 1.82) is 0 Å². The van der Waals surface area contributed by atoms with Crippen LogP contribution in [0.2, 0.25) is 0 Å². The molecule has 1 heterocycles. The lowest BCUT2D eigenvalue weighted by molar-refractivity contribution is -0.123. The van der Waals surface area contributed by atoms with Gasteiger partial charge < -0.3 is 10.0 Å². The molecule has 2 unspecified atom stereocenters. The number of aliphatic hydroxyl groups excluding tert-OH is 1. The van der Waals surface area contributed by atoms with Crippen LogP contribution in [0.25, 0.3) is 0 Å². The number of rotatable bonds is 4. The molecule has 2 aromatic carbocycles. The lowest BCUT2D eigenvalue weighted by Gasteiger charge is -2.21. The molecule has 0 saturated heterocycles. The fourth-order valence-electron chi connectivity index (χ4n) is 2.90. The van der Waals surface area contributed by atoms with Gasteiger partial charge in [-0.3, -0.25) is 4.79 Å². The number of benzene rings is 2. The molecule has 2 atom stereocenters. The second kappa shape index (κ2) is 7.03. The number of alkyl halides is 3. The average molecular weight is 377 g/mol. The minimum absolute atomic E-state index is 0.210. The van der Waals surface area contributed by atoms with E-state index in [2.05, 4.69) is 5.10 Å². The van der Waals surface area contributed by atoms with E-state index in [1.165, 1.54) is 24.3 Å². The van der Waals surface area contributed by atoms with Crippen molar-refractivity contribution < 1.29 is 23.1 Å². The molecule has 1 amide bonds. The highest BCUT2D eigenvalue weighted by molar-refractivity contribution is 6.17. The van der Waals surface area contributed by atoms with Gasteiger partial charge >= 0.3 is 6.18 Å². The van der Waals surface area contributed by atoms with Crippen molar-refractivity contribution in [2.24, 2.45) is 11.0 Å². The van der Waals surface area contributed by atoms with Crippen LogP contribution < -0.4 is 9.91 Å². The summed E-state index contributed by atoms with van der Waals surface area (Å²) in [6, 6.07) is 14.2. The number of halogens is 3. The number of hydrogen-bond donors (Lipinski definition) is 1. The second-order valence-corrected chi connectivity index (χ2v) is 6.38. The molecule has 142 valence electrons. The quantitative estimate of drug-likeness (QED) is 0.889. The summed E-state index contributed by atoms with van der Waals surface area (Å²) in [6.07, 6.45) is -6.50. The van der Waals surface area contributed by atoms with Gasteiger partial charge in [-0.2, -0.15) is 23.3 Å². The number of anilines is 2. The third kappa shape index (κ3) is 3.66. The molecule has 0 bridgehead atoms. The Morgan fingerprint density at radius 1 is 1.07 bits per heavy atom. The number of hydrazone groups is 1. The molecule has 3 rings (SSSR count). The fraction of sp³-hybridized carbons (Fsp3) is 0.263. The van der Waals surface area contributed by atoms with Crippen molar-refractivity contribution in [2.45, 2.75) is 12.3 Å². The topological polar surface area (TPSA) is 56.1 Å². The Balaban J connectivity index is 1.97. The summed E-state index contributed by atoms with van der Waals surface area (Å²) >= 11 is 0. The predicted octanol–water partition coefficient (Wildman–Crippen LogP) is 3.37. The SMILES string of the molecule is CN(C)c1ccc(C(O)C2C(=O)N(c3ccccc3)N=C2C(F)(F)F)cc1. The summed E-state index contributed by atoms with van der Waals surface area (Å²) in [5.41, 5.74) is -0.0624. The molecule has 0 fully saturated rings. The van der Waals surface area contributed by atoms with Crippen LogP contribution in [0.5, 0.6) is 0 Å². The zero-order chi connectivity index (χ0) is 19.8. The highest BCUT2D eigenvalue weighted by atomic mass is 19.4. The van der Waals surface area contributed by atoms with E-state index in [0.717, 1.165) is 5.69 Å². The minimum Gasteiger partial charge on any atom is -0.387 e. The summed E-state index contributed by atoms with van der Waals surface area (Å²) in [4.78, 5) is 14.5. The van der Waals surface area contributed by atoms with Gasteiger partial charge in [-0.05, 0) is 29.8 Å². The van der Waals surface area contributed by atoms with E-state index in [1.54, 1.807) is 30.3 Å². The van der Waals surface area contributed by atoms with E-state index in [9.17, 15) is 23.1 Å². The number of carbonyl (C=O) groups excluding carboxylic acids is 1. The first kappa shape index (κ1) is 18.9. The van der Waals surface area contributed by atoms with E-state index >= 15 is 0 Å². The number of carbonyl (C=O) groups is 1. The molecule has 0 aromatic heterocycles. The maximum atomic E-state index is 13.5. The third-order valence-electron chi connectivity index (χ3n) is 4.34. The molecular formula is C19H18F3N3O2. The second-order valence-electron chi connectivity index (χ2n) is 6.38. The molecule has 0 saturated carbocycles. The fourth-order valence-corrected chi connectivity index (χ4v) is 2.90. The van der Waals surface area contributed by atoms with Crippen molar-refractivity contribution in [2.75, 3.05) is 24.0 Å². The van der Waals surface area contributed by atoms with Crippen molar-refractivity contribution >= 4 is 23.0 Å². The summed E-state index contributed by atoms with van der Waals surface area (Å²) in [6.45, 7) is 0. The molecule has 5 nitrogen and oxygen atoms in total. The van der Waals surface area contributed by atoms with Gasteiger partial charge in [0.05, 0.1) is 11.8 Å². The Bertz CT molecular complexity index is 849. The molecule has 0 radical (unpaired) electrons. The lowest BCUT2D eigenvalue weighted by atomic mass is 9.90. The van der Waals surface area contributed by atoms with Crippen molar-refractivity contribution in [3.63, 3.8) is 0 Å². The lowest BCUT2D eigenvalue weighted by Crippen LogP contribution is -2.37. The maximum absolute atomic E-state index is 13.5. The first-order valence-corrected chi connectivity index (χ1v) is 8.20. The zero-order valence-corrected chi connectivity index (χ0v) is 14.7. The average Bonchev–Trinajstić information content (AvgIpc) is 2.99. The van der Waals surface area contributed by atoms with Crippen LogP contribution in [-0.4, -0.2) is 37.0 Å². The van der Waals surface area contributed by atoms with Gasteiger partial charge in [0, 0.05) is 19.8 Å². The van der Waals surface area contributed by atoms with Crippen LogP contribution in [0.1, 0.15) is 11.7 Å². The normalized spacial score (nSPS) is 18.4. The van der Waals surface area contributed by atoms with Crippen LogP contribution in [0.4, 0.5) is 24.5 Å². The van der Waals surface area contributed by atoms with Gasteiger partial charge in [0.25, 0.3) is 5.91 Å². The summed E-state index contributed by atoms with van der Waals surface area (Å²) in [5.74, 6) is -2.74. The van der Waals surface area contributed by atoms with E-state index in [-0.39, 0.29) is 11.3 Å². The van der Waals surface area contributed by atoms with Crippen molar-refractivity contribution in [3.05, 3.63) is 60.2 Å². The molecule has 1 aliphatic heterocycles. The molecule has 2 aromatic rings. The standard InChI is InChI=1S/C19H18F3N3O2/c1-24(2)13-10-8-12(9-11-13)16(26)15-17(19(20,21)22)23-25(18(15)27)14-6-4-3-5-7-14/h3-11,15-16,26H,1-2H3. The largest absolute Gasteiger partial charge is 0.432 e. The predicted molar refractivity (Wildman–Crippen MR) is 96.6 cm³/mol. The maximum Gasteiger partial charge on any atom is 0.432 e. The Morgan fingerprint density at radius 2 is 1.67 bits per heavy atom. The Kier molecular flexibility index (Phi) is 4.93. The molecule has 0 aliphatic carbocycles. The highest BCUT2D eigenvalue weighted by Gasteiger charge is 2.53. The Morgan fingerprint density at radius 3 is 2.19 bits per heavy atom. The zero-order valence-electron chi connectivity index (χ0n) is 14.7. The van der Waals surface area contributed by atoms with Gasteiger partial charge in [-0.25, -0.2) is 0 Å². The van der Waals surface area contributed by atoms with Gasteiger partial charge in [0.2, 0.25) is 0 Å². The molecule has 27 heavy (non-hydrogen) atoms. The summed E-state index contributed by atoms with van der Waals surface area (Å²) in [5, 5.41) is 14.8. The van der Waals surface area contributed by atoms with Crippen LogP contribution in [-0.2, 0) is 4.79 Å². The summed E-state index contributed by atoms with van der Waals surface area (Å²) in [7, 11) is 3.64. The van der Waals surface area contributed by atoms with Gasteiger partial charge in [-0.15, -0.1) is 0 Å². The number of amides is 1. The Hall–Kier alpha value is -2.87. The Labute approximate surface area is 154 Å². The molecule has 1 aliphatic rings. The molecule has 1 N–H and O–H groups in total. The smallest absolute Gasteiger partial charge is 0.387 e. The third-order valence-corrected chi connectivity index (χ3v) is 4.34. The van der Waals surface area contributed by atoms with Gasteiger partial charge in [-0.1, -0.05) is 30.3 Å². The molecule has 0 spiro atoms. The van der Waals surface area contributed by atoms with Crippen molar-refractivity contribution in [1.82, 2.24) is 0 Å². The van der Waals surface area contributed by atoms with Gasteiger partial charge in [0.15, 0.2) is 5.71 Å². The molecular weight excluding hydrogens is 359 g/mol. The first-order valence-electron chi connectivity index (χ1n) is 8.20. The summed E-state index contributed by atoms with van der Waals surface area (Å²) < 4.78 is 40.5. The van der Waals surface area contributed by atoms with E-state index in [0.29, 0.717) is 5.01 Å². The van der Waals surface area contributed by atoms with Crippen LogP contribution in [0, 0.1) is 5.92 Å².